The Morgan fingerprint density at radius 1 is 1.00 bits per heavy atom. The fourth-order valence-corrected chi connectivity index (χ4v) is 2.98. The highest BCUT2D eigenvalue weighted by atomic mass is 16.5. The van der Waals surface area contributed by atoms with Gasteiger partial charge in [-0.15, -0.1) is 0 Å². The van der Waals surface area contributed by atoms with E-state index in [1.165, 1.54) is 13.5 Å². The summed E-state index contributed by atoms with van der Waals surface area (Å²) in [6.45, 7) is 0. The molecule has 1 aromatic carbocycles. The second-order valence-corrected chi connectivity index (χ2v) is 5.61. The first kappa shape index (κ1) is 13.0. The van der Waals surface area contributed by atoms with Crippen LogP contribution in [0.3, 0.4) is 0 Å². The molecule has 0 heterocycles. The van der Waals surface area contributed by atoms with Crippen LogP contribution in [0.25, 0.3) is 0 Å². The number of hydrogen-bond acceptors (Lipinski definition) is 3. The van der Waals surface area contributed by atoms with Crippen LogP contribution in [0.5, 0.6) is 0 Å². The molecule has 2 N–H and O–H groups in total. The van der Waals surface area contributed by atoms with Crippen LogP contribution in [0.2, 0.25) is 0 Å². The van der Waals surface area contributed by atoms with Crippen LogP contribution in [-0.2, 0) is 9.53 Å². The lowest BCUT2D eigenvalue weighted by Gasteiger charge is -2.12. The van der Waals surface area contributed by atoms with E-state index in [-0.39, 0.29) is 11.8 Å². The maximum atomic E-state index is 12.1. The molecule has 5 heteroatoms. The summed E-state index contributed by atoms with van der Waals surface area (Å²) in [6, 6.07) is 7.02. The number of benzene rings is 1. The molecule has 0 aliphatic heterocycles. The molecule has 0 saturated heterocycles. The molecule has 2 unspecified atom stereocenters. The highest BCUT2D eigenvalue weighted by Crippen LogP contribution is 2.54. The lowest BCUT2D eigenvalue weighted by atomic mass is 10.0. The summed E-state index contributed by atoms with van der Waals surface area (Å²) in [6.07, 6.45) is 2.89. The van der Waals surface area contributed by atoms with E-state index in [2.05, 4.69) is 15.4 Å². The number of nitrogens with one attached hydrogen (secondary N) is 2. The molecule has 20 heavy (non-hydrogen) atoms. The predicted octanol–water partition coefficient (Wildman–Crippen LogP) is 2.85. The van der Waals surface area contributed by atoms with Gasteiger partial charge >= 0.3 is 6.09 Å². The monoisotopic (exact) mass is 274 g/mol. The van der Waals surface area contributed by atoms with Crippen molar-refractivity contribution >= 4 is 23.4 Å². The Balaban J connectivity index is 1.54. The Morgan fingerprint density at radius 3 is 2.10 bits per heavy atom. The Hall–Kier alpha value is -2.04. The number of ether oxygens (including phenoxy) is 1. The number of anilines is 2. The summed E-state index contributed by atoms with van der Waals surface area (Å²) in [5, 5.41) is 5.50. The highest BCUT2D eigenvalue weighted by molar-refractivity contribution is 5.93. The van der Waals surface area contributed by atoms with Crippen LogP contribution in [0.15, 0.2) is 24.3 Å². The van der Waals surface area contributed by atoms with Crippen LogP contribution in [0.4, 0.5) is 16.2 Å². The van der Waals surface area contributed by atoms with Crippen molar-refractivity contribution in [1.29, 1.82) is 0 Å². The van der Waals surface area contributed by atoms with Crippen molar-refractivity contribution in [2.24, 2.45) is 17.8 Å². The van der Waals surface area contributed by atoms with Gasteiger partial charge in [-0.2, -0.15) is 0 Å². The van der Waals surface area contributed by atoms with E-state index in [1.807, 2.05) is 0 Å². The third-order valence-electron chi connectivity index (χ3n) is 4.20. The molecule has 2 saturated carbocycles. The van der Waals surface area contributed by atoms with Crippen LogP contribution in [0.1, 0.15) is 19.3 Å². The number of hydrogen-bond donors (Lipinski definition) is 2. The zero-order valence-electron chi connectivity index (χ0n) is 11.4. The van der Waals surface area contributed by atoms with Crippen molar-refractivity contribution in [2.45, 2.75) is 19.3 Å². The molecule has 2 aliphatic carbocycles. The van der Waals surface area contributed by atoms with Crippen LogP contribution >= 0.6 is 0 Å². The molecule has 0 spiro atoms. The molecule has 2 aliphatic rings. The molecule has 5 nitrogen and oxygen atoms in total. The van der Waals surface area contributed by atoms with Crippen molar-refractivity contribution in [2.75, 3.05) is 17.7 Å². The lowest BCUT2D eigenvalue weighted by molar-refractivity contribution is -0.120. The second kappa shape index (κ2) is 5.15. The first-order valence-electron chi connectivity index (χ1n) is 6.91. The molecular weight excluding hydrogens is 256 g/mol. The molecule has 0 bridgehead atoms. The van der Waals surface area contributed by atoms with Crippen molar-refractivity contribution in [1.82, 2.24) is 0 Å². The largest absolute Gasteiger partial charge is 0.453 e. The average molecular weight is 274 g/mol. The Kier molecular flexibility index (Phi) is 3.34. The number of rotatable bonds is 3. The van der Waals surface area contributed by atoms with E-state index < -0.39 is 6.09 Å². The molecule has 0 radical (unpaired) electrons. The van der Waals surface area contributed by atoms with Gasteiger partial charge in [0.2, 0.25) is 5.91 Å². The Morgan fingerprint density at radius 2 is 1.55 bits per heavy atom. The molecule has 106 valence electrons. The van der Waals surface area contributed by atoms with Crippen molar-refractivity contribution < 1.29 is 14.3 Å². The average Bonchev–Trinajstić information content (AvgIpc) is 3.07. The summed E-state index contributed by atoms with van der Waals surface area (Å²) >= 11 is 0. The van der Waals surface area contributed by atoms with Gasteiger partial charge in [-0.3, -0.25) is 10.1 Å². The molecular formula is C15H18N2O3. The smallest absolute Gasteiger partial charge is 0.411 e. The van der Waals surface area contributed by atoms with Gasteiger partial charge in [0.1, 0.15) is 0 Å². The van der Waals surface area contributed by atoms with E-state index >= 15 is 0 Å². The number of carbonyl (C=O) groups excluding carboxylic acids is 2. The first-order valence-corrected chi connectivity index (χ1v) is 6.91. The zero-order valence-corrected chi connectivity index (χ0v) is 11.4. The first-order chi connectivity index (χ1) is 9.65. The van der Waals surface area contributed by atoms with Crippen molar-refractivity contribution in [3.63, 3.8) is 0 Å². The minimum atomic E-state index is -0.507. The van der Waals surface area contributed by atoms with Crippen LogP contribution in [-0.4, -0.2) is 19.1 Å². The minimum Gasteiger partial charge on any atom is -0.453 e. The summed E-state index contributed by atoms with van der Waals surface area (Å²) in [4.78, 5) is 23.1. The normalized spacial score (nSPS) is 26.6. The fourth-order valence-electron chi connectivity index (χ4n) is 2.98. The van der Waals surface area contributed by atoms with Gasteiger partial charge in [0.25, 0.3) is 0 Å². The Bertz CT molecular complexity index is 516. The number of carbonyl (C=O) groups is 2. The van der Waals surface area contributed by atoms with Gasteiger partial charge in [0, 0.05) is 17.3 Å². The van der Waals surface area contributed by atoms with Gasteiger partial charge in [-0.25, -0.2) is 4.79 Å². The summed E-state index contributed by atoms with van der Waals surface area (Å²) in [7, 11) is 1.32. The third-order valence-corrected chi connectivity index (χ3v) is 4.20. The summed E-state index contributed by atoms with van der Waals surface area (Å²) < 4.78 is 4.51. The van der Waals surface area contributed by atoms with E-state index in [0.717, 1.165) is 30.4 Å². The van der Waals surface area contributed by atoms with Gasteiger partial charge in [0.05, 0.1) is 7.11 Å². The third kappa shape index (κ3) is 2.76. The zero-order chi connectivity index (χ0) is 14.1. The number of fused-ring (bicyclic) bond motifs is 1. The Labute approximate surface area is 117 Å². The van der Waals surface area contributed by atoms with Crippen LogP contribution < -0.4 is 10.6 Å². The topological polar surface area (TPSA) is 67.4 Å². The molecule has 2 atom stereocenters. The molecule has 3 rings (SSSR count). The quantitative estimate of drug-likeness (QED) is 0.890. The molecule has 2 fully saturated rings. The van der Waals surface area contributed by atoms with Crippen LogP contribution in [0, 0.1) is 17.8 Å². The van der Waals surface area contributed by atoms with Gasteiger partial charge in [0.15, 0.2) is 0 Å². The van der Waals surface area contributed by atoms with Gasteiger partial charge in [-0.1, -0.05) is 0 Å². The molecule has 2 amide bonds. The maximum Gasteiger partial charge on any atom is 0.411 e. The maximum absolute atomic E-state index is 12.1. The number of amides is 2. The van der Waals surface area contributed by atoms with E-state index in [0.29, 0.717) is 5.69 Å². The summed E-state index contributed by atoms with van der Waals surface area (Å²) in [5.41, 5.74) is 1.39. The standard InChI is InChI=1S/C15H18N2O3/c1-20-15(19)17-13-4-2-12(3-5-13)16-14(18)11-7-9-6-10(9)8-11/h2-5,9-11H,6-8H2,1H3,(H,16,18)(H,17,19). The summed E-state index contributed by atoms with van der Waals surface area (Å²) in [5.74, 6) is 1.90. The second-order valence-electron chi connectivity index (χ2n) is 5.61. The molecule has 1 aromatic rings. The van der Waals surface area contributed by atoms with Crippen molar-refractivity contribution in [3.05, 3.63) is 24.3 Å². The predicted molar refractivity (Wildman–Crippen MR) is 75.4 cm³/mol. The molecule has 0 aromatic heterocycles. The highest BCUT2D eigenvalue weighted by Gasteiger charge is 2.47. The van der Waals surface area contributed by atoms with E-state index in [1.54, 1.807) is 24.3 Å². The van der Waals surface area contributed by atoms with Gasteiger partial charge in [-0.05, 0) is 55.4 Å². The van der Waals surface area contributed by atoms with E-state index in [4.69, 9.17) is 0 Å². The fraction of sp³-hybridized carbons (Fsp3) is 0.467. The number of methoxy groups -OCH3 is 1. The SMILES string of the molecule is COC(=O)Nc1ccc(NC(=O)C2CC3CC3C2)cc1. The minimum absolute atomic E-state index is 0.117. The van der Waals surface area contributed by atoms with Gasteiger partial charge < -0.3 is 10.1 Å². The van der Waals surface area contributed by atoms with Crippen molar-refractivity contribution in [3.8, 4) is 0 Å². The van der Waals surface area contributed by atoms with E-state index in [9.17, 15) is 9.59 Å². The lowest BCUT2D eigenvalue weighted by Crippen LogP contribution is -2.21.